The molecule has 1 aromatic heterocycles. The van der Waals surface area contributed by atoms with Gasteiger partial charge in [0.25, 0.3) is 0 Å². The van der Waals surface area contributed by atoms with Crippen molar-refractivity contribution in [1.29, 1.82) is 0 Å². The van der Waals surface area contributed by atoms with Crippen LogP contribution in [0.5, 0.6) is 5.75 Å². The van der Waals surface area contributed by atoms with Crippen LogP contribution in [-0.4, -0.2) is 15.0 Å². The lowest BCUT2D eigenvalue weighted by Crippen LogP contribution is -1.96. The highest BCUT2D eigenvalue weighted by molar-refractivity contribution is 9.10. The van der Waals surface area contributed by atoms with Crippen molar-refractivity contribution < 1.29 is 9.13 Å². The molecule has 0 saturated heterocycles. The van der Waals surface area contributed by atoms with E-state index in [0.29, 0.717) is 15.9 Å². The third-order valence-electron chi connectivity index (χ3n) is 1.93. The topological polar surface area (TPSA) is 39.9 Å². The Labute approximate surface area is 100 Å². The van der Waals surface area contributed by atoms with Crippen LogP contribution < -0.4 is 4.74 Å². The molecule has 84 valence electrons. The van der Waals surface area contributed by atoms with Crippen LogP contribution in [0, 0.1) is 5.82 Å². The number of ether oxygens (including phenoxy) is 1. The number of aromatic nitrogens is 3. The highest BCUT2D eigenvalue weighted by Crippen LogP contribution is 2.21. The highest BCUT2D eigenvalue weighted by atomic mass is 79.9. The summed E-state index contributed by atoms with van der Waals surface area (Å²) in [6, 6.07) is 4.60. The zero-order valence-electron chi connectivity index (χ0n) is 8.52. The minimum Gasteiger partial charge on any atom is -0.487 e. The van der Waals surface area contributed by atoms with Gasteiger partial charge < -0.3 is 4.74 Å². The van der Waals surface area contributed by atoms with Gasteiger partial charge in [-0.25, -0.2) is 4.39 Å². The summed E-state index contributed by atoms with van der Waals surface area (Å²) in [6.45, 7) is 0.273. The van der Waals surface area contributed by atoms with Crippen molar-refractivity contribution in [2.24, 2.45) is 7.05 Å². The van der Waals surface area contributed by atoms with Gasteiger partial charge in [0.2, 0.25) is 0 Å². The molecule has 1 aromatic carbocycles. The number of aryl methyl sites for hydroxylation is 1. The molecule has 2 aromatic rings. The molecule has 2 rings (SSSR count). The van der Waals surface area contributed by atoms with Gasteiger partial charge in [-0.2, -0.15) is 0 Å². The predicted molar refractivity (Wildman–Crippen MR) is 59.4 cm³/mol. The summed E-state index contributed by atoms with van der Waals surface area (Å²) in [5.41, 5.74) is 0.700. The van der Waals surface area contributed by atoms with Gasteiger partial charge in [-0.1, -0.05) is 5.21 Å². The number of hydrogen-bond acceptors (Lipinski definition) is 3. The van der Waals surface area contributed by atoms with Gasteiger partial charge in [0, 0.05) is 13.1 Å². The van der Waals surface area contributed by atoms with Crippen LogP contribution in [-0.2, 0) is 13.7 Å². The second-order valence-electron chi connectivity index (χ2n) is 3.25. The van der Waals surface area contributed by atoms with E-state index in [4.69, 9.17) is 4.74 Å². The second kappa shape index (κ2) is 4.61. The summed E-state index contributed by atoms with van der Waals surface area (Å²) < 4.78 is 20.5. The van der Waals surface area contributed by atoms with Gasteiger partial charge in [0.05, 0.1) is 10.7 Å². The van der Waals surface area contributed by atoms with Gasteiger partial charge in [0.1, 0.15) is 23.9 Å². The van der Waals surface area contributed by atoms with E-state index in [9.17, 15) is 4.39 Å². The lowest BCUT2D eigenvalue weighted by Gasteiger charge is -2.04. The van der Waals surface area contributed by atoms with Gasteiger partial charge >= 0.3 is 0 Å². The molecule has 0 N–H and O–H groups in total. The zero-order valence-corrected chi connectivity index (χ0v) is 10.1. The molecule has 0 aliphatic rings. The van der Waals surface area contributed by atoms with Crippen molar-refractivity contribution >= 4 is 15.9 Å². The fourth-order valence-corrected chi connectivity index (χ4v) is 1.43. The SMILES string of the molecule is Cn1cc(COc2ccc(Br)c(F)c2)nn1. The molecule has 1 heterocycles. The molecule has 0 aliphatic carbocycles. The first-order chi connectivity index (χ1) is 7.65. The maximum atomic E-state index is 13.2. The molecule has 16 heavy (non-hydrogen) atoms. The van der Waals surface area contributed by atoms with E-state index < -0.39 is 0 Å². The Morgan fingerprint density at radius 2 is 2.31 bits per heavy atom. The third-order valence-corrected chi connectivity index (χ3v) is 2.57. The van der Waals surface area contributed by atoms with Crippen LogP contribution in [0.2, 0.25) is 0 Å². The van der Waals surface area contributed by atoms with E-state index in [2.05, 4.69) is 26.2 Å². The van der Waals surface area contributed by atoms with Gasteiger partial charge in [0.15, 0.2) is 0 Å². The van der Waals surface area contributed by atoms with Crippen molar-refractivity contribution in [3.8, 4) is 5.75 Å². The maximum Gasteiger partial charge on any atom is 0.141 e. The van der Waals surface area contributed by atoms with E-state index in [1.54, 1.807) is 30.1 Å². The Balaban J connectivity index is 2.02. The largest absolute Gasteiger partial charge is 0.487 e. The normalized spacial score (nSPS) is 10.4. The standard InChI is InChI=1S/C10H9BrFN3O/c1-15-5-7(13-14-15)6-16-8-2-3-9(11)10(12)4-8/h2-5H,6H2,1H3. The van der Waals surface area contributed by atoms with E-state index in [-0.39, 0.29) is 12.4 Å². The first kappa shape index (κ1) is 11.1. The summed E-state index contributed by atoms with van der Waals surface area (Å²) in [4.78, 5) is 0. The van der Waals surface area contributed by atoms with Crippen LogP contribution in [0.4, 0.5) is 4.39 Å². The van der Waals surface area contributed by atoms with E-state index in [1.165, 1.54) is 6.07 Å². The van der Waals surface area contributed by atoms with Gasteiger partial charge in [-0.3, -0.25) is 4.68 Å². The second-order valence-corrected chi connectivity index (χ2v) is 4.10. The molecular formula is C10H9BrFN3O. The Hall–Kier alpha value is -1.43. The lowest BCUT2D eigenvalue weighted by atomic mass is 10.3. The van der Waals surface area contributed by atoms with Crippen molar-refractivity contribution in [2.45, 2.75) is 6.61 Å². The highest BCUT2D eigenvalue weighted by Gasteiger charge is 2.03. The Bertz CT molecular complexity index is 501. The van der Waals surface area contributed by atoms with Crippen molar-refractivity contribution in [2.75, 3.05) is 0 Å². The molecule has 0 unspecified atom stereocenters. The van der Waals surface area contributed by atoms with E-state index in [1.807, 2.05) is 0 Å². The van der Waals surface area contributed by atoms with Crippen LogP contribution in [0.15, 0.2) is 28.9 Å². The minimum atomic E-state index is -0.350. The van der Waals surface area contributed by atoms with Crippen molar-refractivity contribution in [3.63, 3.8) is 0 Å². The van der Waals surface area contributed by atoms with Crippen LogP contribution in [0.1, 0.15) is 5.69 Å². The summed E-state index contributed by atoms with van der Waals surface area (Å²) >= 11 is 3.07. The molecule has 0 spiro atoms. The quantitative estimate of drug-likeness (QED) is 0.869. The number of hydrogen-bond donors (Lipinski definition) is 0. The number of rotatable bonds is 3. The number of nitrogens with zero attached hydrogens (tertiary/aromatic N) is 3. The fraction of sp³-hybridized carbons (Fsp3) is 0.200. The van der Waals surface area contributed by atoms with Crippen molar-refractivity contribution in [3.05, 3.63) is 40.4 Å². The lowest BCUT2D eigenvalue weighted by molar-refractivity contribution is 0.299. The van der Waals surface area contributed by atoms with E-state index in [0.717, 1.165) is 0 Å². The molecule has 0 aliphatic heterocycles. The number of benzene rings is 1. The predicted octanol–water partition coefficient (Wildman–Crippen LogP) is 2.30. The summed E-state index contributed by atoms with van der Waals surface area (Å²) in [7, 11) is 1.77. The molecule has 0 atom stereocenters. The zero-order chi connectivity index (χ0) is 11.5. The smallest absolute Gasteiger partial charge is 0.141 e. The molecule has 0 saturated carbocycles. The molecule has 0 radical (unpaired) electrons. The maximum absolute atomic E-state index is 13.2. The molecule has 4 nitrogen and oxygen atoms in total. The molecule has 0 bridgehead atoms. The van der Waals surface area contributed by atoms with Crippen molar-refractivity contribution in [1.82, 2.24) is 15.0 Å². The Kier molecular flexibility index (Phi) is 3.19. The van der Waals surface area contributed by atoms with Gasteiger partial charge in [-0.15, -0.1) is 5.10 Å². The minimum absolute atomic E-state index is 0.273. The van der Waals surface area contributed by atoms with Crippen LogP contribution in [0.3, 0.4) is 0 Å². The molecule has 0 fully saturated rings. The summed E-state index contributed by atoms with van der Waals surface area (Å²) in [6.07, 6.45) is 1.75. The fourth-order valence-electron chi connectivity index (χ4n) is 1.19. The first-order valence-corrected chi connectivity index (χ1v) is 5.37. The van der Waals surface area contributed by atoms with Crippen LogP contribution >= 0.6 is 15.9 Å². The molecular weight excluding hydrogens is 277 g/mol. The van der Waals surface area contributed by atoms with E-state index >= 15 is 0 Å². The van der Waals surface area contributed by atoms with Gasteiger partial charge in [-0.05, 0) is 28.1 Å². The average Bonchev–Trinajstić information content (AvgIpc) is 2.66. The Morgan fingerprint density at radius 1 is 1.50 bits per heavy atom. The monoisotopic (exact) mass is 285 g/mol. The summed E-state index contributed by atoms with van der Waals surface area (Å²) in [5, 5.41) is 7.62. The molecule has 6 heteroatoms. The number of halogens is 2. The van der Waals surface area contributed by atoms with Crippen LogP contribution in [0.25, 0.3) is 0 Å². The summed E-state index contributed by atoms with van der Waals surface area (Å²) in [5.74, 6) is 0.114. The molecule has 0 amide bonds. The first-order valence-electron chi connectivity index (χ1n) is 4.58. The average molecular weight is 286 g/mol. The Morgan fingerprint density at radius 3 is 2.94 bits per heavy atom. The third kappa shape index (κ3) is 2.57.